The van der Waals surface area contributed by atoms with Gasteiger partial charge < -0.3 is 9.84 Å². The molecule has 4 rings (SSSR count). The highest BCUT2D eigenvalue weighted by Crippen LogP contribution is 2.42. The van der Waals surface area contributed by atoms with Crippen LogP contribution in [-0.4, -0.2) is 28.4 Å². The van der Waals surface area contributed by atoms with E-state index in [-0.39, 0.29) is 11.3 Å². The summed E-state index contributed by atoms with van der Waals surface area (Å²) >= 11 is 3.36. The minimum atomic E-state index is -0.810. The molecule has 1 aromatic heterocycles. The van der Waals surface area contributed by atoms with Gasteiger partial charge in [-0.25, -0.2) is 0 Å². The number of hydrogen-bond donors (Lipinski definition) is 1. The highest BCUT2D eigenvalue weighted by atomic mass is 79.9. The van der Waals surface area contributed by atoms with Gasteiger partial charge in [0.1, 0.15) is 11.5 Å². The molecule has 3 aromatic rings. The number of ether oxygens (including phenoxy) is 1. The largest absolute Gasteiger partial charge is 0.507 e. The normalized spacial score (nSPS) is 17.7. The van der Waals surface area contributed by atoms with Gasteiger partial charge in [-0.3, -0.25) is 19.5 Å². The van der Waals surface area contributed by atoms with Crippen LogP contribution in [0.3, 0.4) is 0 Å². The Morgan fingerprint density at radius 1 is 1.10 bits per heavy atom. The maximum absolute atomic E-state index is 13.1. The molecular formula is C24H19BrN2O4. The van der Waals surface area contributed by atoms with Crippen LogP contribution in [0.1, 0.15) is 24.1 Å². The van der Waals surface area contributed by atoms with Crippen molar-refractivity contribution in [3.05, 3.63) is 94.2 Å². The number of carbonyl (C=O) groups is 2. The lowest BCUT2D eigenvalue weighted by Crippen LogP contribution is -2.29. The number of nitrogens with zero attached hydrogens (tertiary/aromatic N) is 2. The van der Waals surface area contributed by atoms with E-state index in [2.05, 4.69) is 20.9 Å². The summed E-state index contributed by atoms with van der Waals surface area (Å²) in [6, 6.07) is 16.5. The van der Waals surface area contributed by atoms with Crippen LogP contribution >= 0.6 is 15.9 Å². The standard InChI is InChI=1S/C24H19BrN2O4/c1-2-31-19-11-9-18(10-12-19)27-21(16-4-3-13-26-14-16)20(23(29)24(27)30)22(28)15-5-7-17(25)8-6-15/h3-14,21,28H,2H2,1H3/b22-20-. The minimum Gasteiger partial charge on any atom is -0.507 e. The molecule has 1 saturated heterocycles. The van der Waals surface area contributed by atoms with Crippen LogP contribution in [0.2, 0.25) is 0 Å². The molecule has 2 heterocycles. The fourth-order valence-corrected chi connectivity index (χ4v) is 3.85. The van der Waals surface area contributed by atoms with Crippen LogP contribution in [0.4, 0.5) is 5.69 Å². The number of aliphatic hydroxyl groups excluding tert-OH is 1. The fraction of sp³-hybridized carbons (Fsp3) is 0.125. The van der Waals surface area contributed by atoms with Crippen LogP contribution in [0.15, 0.2) is 83.1 Å². The first kappa shape index (κ1) is 20.8. The summed E-state index contributed by atoms with van der Waals surface area (Å²) in [5.41, 5.74) is 1.61. The number of ketones is 1. The number of amides is 1. The Morgan fingerprint density at radius 3 is 2.42 bits per heavy atom. The Balaban J connectivity index is 1.87. The van der Waals surface area contributed by atoms with Crippen molar-refractivity contribution in [1.29, 1.82) is 0 Å². The molecule has 1 amide bonds. The van der Waals surface area contributed by atoms with Crippen LogP contribution in [0.5, 0.6) is 5.75 Å². The zero-order valence-corrected chi connectivity index (χ0v) is 18.2. The topological polar surface area (TPSA) is 79.7 Å². The summed E-state index contributed by atoms with van der Waals surface area (Å²) in [4.78, 5) is 31.7. The first-order valence-electron chi connectivity index (χ1n) is 9.71. The van der Waals surface area contributed by atoms with Crippen LogP contribution < -0.4 is 9.64 Å². The van der Waals surface area contributed by atoms with Crippen molar-refractivity contribution < 1.29 is 19.4 Å². The summed E-state index contributed by atoms with van der Waals surface area (Å²) in [7, 11) is 0. The summed E-state index contributed by atoms with van der Waals surface area (Å²) in [6.07, 6.45) is 3.20. The maximum atomic E-state index is 13.1. The zero-order chi connectivity index (χ0) is 22.0. The molecule has 6 nitrogen and oxygen atoms in total. The third-order valence-electron chi connectivity index (χ3n) is 4.99. The summed E-state index contributed by atoms with van der Waals surface area (Å²) in [6.45, 7) is 2.41. The predicted octanol–water partition coefficient (Wildman–Crippen LogP) is 4.87. The molecule has 1 N–H and O–H groups in total. The third kappa shape index (κ3) is 3.96. The van der Waals surface area contributed by atoms with E-state index in [1.807, 2.05) is 6.92 Å². The number of anilines is 1. The number of benzene rings is 2. The second kappa shape index (κ2) is 8.73. The monoisotopic (exact) mass is 478 g/mol. The van der Waals surface area contributed by atoms with Gasteiger partial charge in [-0.05, 0) is 55.0 Å². The number of aromatic nitrogens is 1. The molecule has 0 aliphatic carbocycles. The molecule has 0 radical (unpaired) electrons. The van der Waals surface area contributed by atoms with E-state index in [1.54, 1.807) is 73.1 Å². The second-order valence-electron chi connectivity index (χ2n) is 6.89. The van der Waals surface area contributed by atoms with E-state index in [0.717, 1.165) is 4.47 Å². The third-order valence-corrected chi connectivity index (χ3v) is 5.52. The lowest BCUT2D eigenvalue weighted by molar-refractivity contribution is -0.132. The summed E-state index contributed by atoms with van der Waals surface area (Å²) in [5, 5.41) is 11.0. The molecule has 7 heteroatoms. The van der Waals surface area contributed by atoms with Crippen LogP contribution in [-0.2, 0) is 9.59 Å². The van der Waals surface area contributed by atoms with Crippen molar-refractivity contribution in [3.63, 3.8) is 0 Å². The molecule has 1 unspecified atom stereocenters. The van der Waals surface area contributed by atoms with Gasteiger partial charge in [0, 0.05) is 28.1 Å². The van der Waals surface area contributed by atoms with Gasteiger partial charge in [-0.2, -0.15) is 0 Å². The summed E-state index contributed by atoms with van der Waals surface area (Å²) in [5.74, 6) is -1.02. The summed E-state index contributed by atoms with van der Waals surface area (Å²) < 4.78 is 6.31. The molecule has 1 fully saturated rings. The van der Waals surface area contributed by atoms with E-state index >= 15 is 0 Å². The van der Waals surface area contributed by atoms with Gasteiger partial charge in [0.05, 0.1) is 18.2 Å². The van der Waals surface area contributed by atoms with Crippen molar-refractivity contribution in [2.45, 2.75) is 13.0 Å². The lowest BCUT2D eigenvalue weighted by atomic mass is 9.96. The van der Waals surface area contributed by atoms with Crippen molar-refractivity contribution in [2.24, 2.45) is 0 Å². The maximum Gasteiger partial charge on any atom is 0.300 e. The number of hydrogen-bond acceptors (Lipinski definition) is 5. The van der Waals surface area contributed by atoms with Gasteiger partial charge in [0.25, 0.3) is 11.7 Å². The number of carbonyl (C=O) groups excluding carboxylic acids is 2. The quantitative estimate of drug-likeness (QED) is 0.321. The molecule has 0 saturated carbocycles. The van der Waals surface area contributed by atoms with Crippen LogP contribution in [0, 0.1) is 0 Å². The van der Waals surface area contributed by atoms with Crippen molar-refractivity contribution in [2.75, 3.05) is 11.5 Å². The van der Waals surface area contributed by atoms with E-state index in [1.165, 1.54) is 4.90 Å². The van der Waals surface area contributed by atoms with Gasteiger partial charge in [0.2, 0.25) is 0 Å². The Labute approximate surface area is 187 Å². The molecule has 0 bridgehead atoms. The number of Topliss-reactive ketones (excluding diaryl/α,β-unsaturated/α-hetero) is 1. The number of halogens is 1. The van der Waals surface area contributed by atoms with Crippen molar-refractivity contribution >= 4 is 39.1 Å². The van der Waals surface area contributed by atoms with Gasteiger partial charge in [-0.1, -0.05) is 34.1 Å². The van der Waals surface area contributed by atoms with E-state index in [4.69, 9.17) is 4.74 Å². The van der Waals surface area contributed by atoms with Crippen molar-refractivity contribution in [1.82, 2.24) is 4.98 Å². The molecule has 1 aliphatic rings. The number of aliphatic hydroxyl groups is 1. The Bertz CT molecular complexity index is 1140. The van der Waals surface area contributed by atoms with Crippen LogP contribution in [0.25, 0.3) is 5.76 Å². The first-order valence-corrected chi connectivity index (χ1v) is 10.5. The average Bonchev–Trinajstić information content (AvgIpc) is 3.06. The van der Waals surface area contributed by atoms with Crippen molar-refractivity contribution in [3.8, 4) is 5.75 Å². The van der Waals surface area contributed by atoms with Gasteiger partial charge in [0.15, 0.2) is 0 Å². The first-order chi connectivity index (χ1) is 15.0. The Morgan fingerprint density at radius 2 is 1.81 bits per heavy atom. The molecule has 1 aliphatic heterocycles. The Kier molecular flexibility index (Phi) is 5.86. The van der Waals surface area contributed by atoms with Gasteiger partial charge >= 0.3 is 0 Å². The molecule has 1 atom stereocenters. The van der Waals surface area contributed by atoms with E-state index in [0.29, 0.717) is 29.2 Å². The molecule has 156 valence electrons. The van der Waals surface area contributed by atoms with E-state index < -0.39 is 17.7 Å². The molecule has 0 spiro atoms. The molecular weight excluding hydrogens is 460 g/mol. The molecule has 2 aromatic carbocycles. The highest BCUT2D eigenvalue weighted by molar-refractivity contribution is 9.10. The van der Waals surface area contributed by atoms with E-state index in [9.17, 15) is 14.7 Å². The fourth-order valence-electron chi connectivity index (χ4n) is 3.58. The number of rotatable bonds is 5. The molecule has 31 heavy (non-hydrogen) atoms. The second-order valence-corrected chi connectivity index (χ2v) is 7.80. The van der Waals surface area contributed by atoms with Gasteiger partial charge in [-0.15, -0.1) is 0 Å². The number of pyridine rings is 1. The minimum absolute atomic E-state index is 0.0224. The zero-order valence-electron chi connectivity index (χ0n) is 16.7. The Hall–Kier alpha value is -3.45. The lowest BCUT2D eigenvalue weighted by Gasteiger charge is -2.25. The average molecular weight is 479 g/mol. The SMILES string of the molecule is CCOc1ccc(N2C(=O)C(=O)/C(=C(\O)c3ccc(Br)cc3)C2c2cccnc2)cc1. The predicted molar refractivity (Wildman–Crippen MR) is 121 cm³/mol. The smallest absolute Gasteiger partial charge is 0.300 e. The highest BCUT2D eigenvalue weighted by Gasteiger charge is 2.47.